The number of hydrogen-bond donors (Lipinski definition) is 2. The number of carbonyl (C=O) groups excluding carboxylic acids is 1. The first kappa shape index (κ1) is 11.6. The van der Waals surface area contributed by atoms with Crippen molar-refractivity contribution in [2.75, 3.05) is 0 Å². The molecule has 2 rings (SSSR count). The molecule has 0 radical (unpaired) electrons. The summed E-state index contributed by atoms with van der Waals surface area (Å²) in [5.74, 6) is 0.0655. The van der Waals surface area contributed by atoms with Crippen LogP contribution in [-0.2, 0) is 12.2 Å². The molecule has 1 unspecified atom stereocenters. The molecule has 0 amide bonds. The molecule has 1 aromatic rings. The van der Waals surface area contributed by atoms with Gasteiger partial charge in [0.05, 0.1) is 5.75 Å². The standard InChI is InChI=1S/C12H16O3S/c1-3-9-4-5-10-7-16(14,15)8(2)12(13)11(10)6-9/h4-6,8,14-15H,3,7H2,1-2H3. The highest BCUT2D eigenvalue weighted by Gasteiger charge is 2.35. The van der Waals surface area contributed by atoms with E-state index >= 15 is 0 Å². The van der Waals surface area contributed by atoms with Gasteiger partial charge in [0.1, 0.15) is 5.25 Å². The number of rotatable bonds is 1. The lowest BCUT2D eigenvalue weighted by Crippen LogP contribution is -2.31. The number of Topliss-reactive ketones (excluding diaryl/α,β-unsaturated/α-hetero) is 1. The van der Waals surface area contributed by atoms with Gasteiger partial charge >= 0.3 is 0 Å². The van der Waals surface area contributed by atoms with Gasteiger partial charge in [-0.25, -0.2) is 0 Å². The molecular weight excluding hydrogens is 224 g/mol. The fraction of sp³-hybridized carbons (Fsp3) is 0.417. The quantitative estimate of drug-likeness (QED) is 0.793. The van der Waals surface area contributed by atoms with Crippen LogP contribution in [0.1, 0.15) is 35.3 Å². The third kappa shape index (κ3) is 1.77. The summed E-state index contributed by atoms with van der Waals surface area (Å²) in [6.07, 6.45) is 0.880. The molecule has 1 aliphatic heterocycles. The van der Waals surface area contributed by atoms with E-state index in [1.165, 1.54) is 0 Å². The maximum Gasteiger partial charge on any atom is 0.184 e. The summed E-state index contributed by atoms with van der Waals surface area (Å²) in [5.41, 5.74) is 2.54. The van der Waals surface area contributed by atoms with E-state index < -0.39 is 15.8 Å². The Kier molecular flexibility index (Phi) is 2.82. The molecule has 0 saturated heterocycles. The van der Waals surface area contributed by atoms with Crippen molar-refractivity contribution >= 4 is 16.4 Å². The number of hydrogen-bond acceptors (Lipinski definition) is 3. The first-order valence-corrected chi connectivity index (χ1v) is 7.14. The minimum absolute atomic E-state index is 0.142. The number of ketones is 1. The number of benzene rings is 1. The van der Waals surface area contributed by atoms with Crippen molar-refractivity contribution in [2.24, 2.45) is 0 Å². The van der Waals surface area contributed by atoms with E-state index in [0.29, 0.717) is 5.56 Å². The normalized spacial score (nSPS) is 25.0. The predicted molar refractivity (Wildman–Crippen MR) is 66.2 cm³/mol. The monoisotopic (exact) mass is 240 g/mol. The summed E-state index contributed by atoms with van der Waals surface area (Å²) in [6, 6.07) is 5.66. The maximum absolute atomic E-state index is 12.0. The first-order valence-electron chi connectivity index (χ1n) is 5.36. The fourth-order valence-corrected chi connectivity index (χ4v) is 3.37. The van der Waals surface area contributed by atoms with Gasteiger partial charge < -0.3 is 0 Å². The second-order valence-corrected chi connectivity index (χ2v) is 6.64. The Hall–Kier alpha value is -0.840. The number of aryl methyl sites for hydroxylation is 1. The van der Waals surface area contributed by atoms with Gasteiger partial charge in [-0.05, 0) is 30.5 Å². The van der Waals surface area contributed by atoms with Crippen LogP contribution in [0.3, 0.4) is 0 Å². The van der Waals surface area contributed by atoms with Crippen molar-refractivity contribution < 1.29 is 13.9 Å². The lowest BCUT2D eigenvalue weighted by molar-refractivity contribution is 0.0985. The van der Waals surface area contributed by atoms with Gasteiger partial charge in [0.25, 0.3) is 0 Å². The molecule has 0 saturated carbocycles. The molecule has 1 atom stereocenters. The number of carbonyl (C=O) groups is 1. The molecule has 16 heavy (non-hydrogen) atoms. The molecule has 0 aromatic heterocycles. The van der Waals surface area contributed by atoms with Crippen molar-refractivity contribution in [2.45, 2.75) is 31.3 Å². The molecule has 0 spiro atoms. The fourth-order valence-electron chi connectivity index (χ4n) is 1.94. The Morgan fingerprint density at radius 1 is 1.44 bits per heavy atom. The summed E-state index contributed by atoms with van der Waals surface area (Å²) in [4.78, 5) is 12.0. The third-order valence-corrected chi connectivity index (χ3v) is 5.23. The summed E-state index contributed by atoms with van der Waals surface area (Å²) in [7, 11) is -2.79. The van der Waals surface area contributed by atoms with E-state index in [-0.39, 0.29) is 11.5 Å². The summed E-state index contributed by atoms with van der Waals surface area (Å²) in [5, 5.41) is -0.674. The highest BCUT2D eigenvalue weighted by Crippen LogP contribution is 2.52. The van der Waals surface area contributed by atoms with Gasteiger partial charge in [0.2, 0.25) is 0 Å². The molecule has 0 aliphatic carbocycles. The van der Waals surface area contributed by atoms with E-state index in [0.717, 1.165) is 17.5 Å². The molecule has 1 aliphatic rings. The van der Waals surface area contributed by atoms with E-state index in [9.17, 15) is 13.9 Å². The second kappa shape index (κ2) is 3.87. The van der Waals surface area contributed by atoms with Crippen LogP contribution >= 0.6 is 10.6 Å². The molecule has 88 valence electrons. The van der Waals surface area contributed by atoms with Gasteiger partial charge in [0, 0.05) is 5.56 Å². The van der Waals surface area contributed by atoms with Crippen molar-refractivity contribution in [3.8, 4) is 0 Å². The topological polar surface area (TPSA) is 57.5 Å². The summed E-state index contributed by atoms with van der Waals surface area (Å²) < 4.78 is 19.6. The van der Waals surface area contributed by atoms with Crippen LogP contribution in [-0.4, -0.2) is 20.1 Å². The Labute approximate surface area is 96.8 Å². The van der Waals surface area contributed by atoms with Crippen LogP contribution in [0.5, 0.6) is 0 Å². The van der Waals surface area contributed by atoms with Gasteiger partial charge in [-0.3, -0.25) is 13.9 Å². The van der Waals surface area contributed by atoms with Gasteiger partial charge in [-0.2, -0.15) is 10.6 Å². The Morgan fingerprint density at radius 2 is 2.12 bits per heavy atom. The Morgan fingerprint density at radius 3 is 2.75 bits per heavy atom. The first-order chi connectivity index (χ1) is 7.45. The zero-order chi connectivity index (χ0) is 11.9. The molecule has 1 aromatic carbocycles. The van der Waals surface area contributed by atoms with Crippen LogP contribution < -0.4 is 0 Å². The highest BCUT2D eigenvalue weighted by atomic mass is 32.3. The average Bonchev–Trinajstić information content (AvgIpc) is 2.25. The predicted octanol–water partition coefficient (Wildman–Crippen LogP) is 3.08. The third-order valence-electron chi connectivity index (χ3n) is 3.15. The highest BCUT2D eigenvalue weighted by molar-refractivity contribution is 8.24. The molecule has 4 heteroatoms. The Bertz CT molecular complexity index is 440. The summed E-state index contributed by atoms with van der Waals surface area (Å²) in [6.45, 7) is 3.63. The van der Waals surface area contributed by atoms with Crippen LogP contribution in [0.2, 0.25) is 0 Å². The zero-order valence-corrected chi connectivity index (χ0v) is 10.3. The van der Waals surface area contributed by atoms with Crippen molar-refractivity contribution in [3.63, 3.8) is 0 Å². The SMILES string of the molecule is CCc1ccc2c(c1)C(=O)C(C)S(O)(O)C2. The Balaban J connectivity index is 2.51. The van der Waals surface area contributed by atoms with Gasteiger partial charge in [0.15, 0.2) is 5.78 Å². The minimum Gasteiger partial charge on any atom is -0.298 e. The van der Waals surface area contributed by atoms with Crippen molar-refractivity contribution in [1.82, 2.24) is 0 Å². The molecule has 1 heterocycles. The summed E-state index contributed by atoms with van der Waals surface area (Å²) >= 11 is 0. The van der Waals surface area contributed by atoms with Gasteiger partial charge in [-0.15, -0.1) is 0 Å². The van der Waals surface area contributed by atoms with Crippen LogP contribution in [0.4, 0.5) is 0 Å². The second-order valence-electron chi connectivity index (χ2n) is 4.21. The van der Waals surface area contributed by atoms with Gasteiger partial charge in [-0.1, -0.05) is 19.1 Å². The minimum atomic E-state index is -2.79. The van der Waals surface area contributed by atoms with Crippen LogP contribution in [0, 0.1) is 0 Å². The van der Waals surface area contributed by atoms with E-state index in [2.05, 4.69) is 0 Å². The molecule has 3 nitrogen and oxygen atoms in total. The zero-order valence-electron chi connectivity index (χ0n) is 9.43. The van der Waals surface area contributed by atoms with E-state index in [1.807, 2.05) is 25.1 Å². The largest absolute Gasteiger partial charge is 0.298 e. The molecule has 0 fully saturated rings. The van der Waals surface area contributed by atoms with E-state index in [4.69, 9.17) is 0 Å². The molecule has 2 N–H and O–H groups in total. The van der Waals surface area contributed by atoms with E-state index in [1.54, 1.807) is 6.92 Å². The van der Waals surface area contributed by atoms with Crippen molar-refractivity contribution in [3.05, 3.63) is 34.9 Å². The van der Waals surface area contributed by atoms with Crippen LogP contribution in [0.25, 0.3) is 0 Å². The van der Waals surface area contributed by atoms with Crippen LogP contribution in [0.15, 0.2) is 18.2 Å². The smallest absolute Gasteiger partial charge is 0.184 e. The number of fused-ring (bicyclic) bond motifs is 1. The lowest BCUT2D eigenvalue weighted by atomic mass is 9.98. The lowest BCUT2D eigenvalue weighted by Gasteiger charge is -2.41. The average molecular weight is 240 g/mol. The van der Waals surface area contributed by atoms with Crippen molar-refractivity contribution in [1.29, 1.82) is 0 Å². The molecular formula is C12H16O3S. The maximum atomic E-state index is 12.0. The molecule has 0 bridgehead atoms.